The highest BCUT2D eigenvalue weighted by atomic mass is 35.5. The lowest BCUT2D eigenvalue weighted by Crippen LogP contribution is -2.28. The molecule has 1 aliphatic rings. The SMILES string of the molecule is CC1CC1CN(C)C(=O)c1sc2ccc(Cl)cc2c1N. The van der Waals surface area contributed by atoms with E-state index in [0.717, 1.165) is 22.5 Å². The Morgan fingerprint density at radius 3 is 2.90 bits per heavy atom. The second kappa shape index (κ2) is 4.93. The molecule has 106 valence electrons. The molecule has 1 fully saturated rings. The van der Waals surface area contributed by atoms with E-state index in [1.54, 1.807) is 4.90 Å². The van der Waals surface area contributed by atoms with E-state index in [-0.39, 0.29) is 5.91 Å². The van der Waals surface area contributed by atoms with Gasteiger partial charge in [-0.2, -0.15) is 0 Å². The van der Waals surface area contributed by atoms with Crippen LogP contribution in [0.2, 0.25) is 5.02 Å². The van der Waals surface area contributed by atoms with E-state index < -0.39 is 0 Å². The average molecular weight is 309 g/mol. The lowest BCUT2D eigenvalue weighted by Gasteiger charge is -2.16. The summed E-state index contributed by atoms with van der Waals surface area (Å²) in [5.41, 5.74) is 6.67. The third-order valence-corrected chi connectivity index (χ3v) is 5.42. The zero-order chi connectivity index (χ0) is 14.4. The molecule has 1 heterocycles. The van der Waals surface area contributed by atoms with Crippen LogP contribution in [0.1, 0.15) is 23.0 Å². The van der Waals surface area contributed by atoms with Crippen LogP contribution in [0.4, 0.5) is 5.69 Å². The number of nitrogen functional groups attached to an aromatic ring is 1. The Hall–Kier alpha value is -1.26. The van der Waals surface area contributed by atoms with Gasteiger partial charge in [-0.15, -0.1) is 11.3 Å². The zero-order valence-electron chi connectivity index (χ0n) is 11.5. The van der Waals surface area contributed by atoms with Gasteiger partial charge in [0.1, 0.15) is 4.88 Å². The molecule has 3 nitrogen and oxygen atoms in total. The van der Waals surface area contributed by atoms with Gasteiger partial charge in [-0.25, -0.2) is 0 Å². The molecule has 20 heavy (non-hydrogen) atoms. The van der Waals surface area contributed by atoms with E-state index in [4.69, 9.17) is 17.3 Å². The first-order valence-electron chi connectivity index (χ1n) is 6.70. The molecule has 1 aromatic carbocycles. The minimum atomic E-state index is 0.0129. The summed E-state index contributed by atoms with van der Waals surface area (Å²) < 4.78 is 1.00. The highest BCUT2D eigenvalue weighted by Gasteiger charge is 2.34. The second-order valence-electron chi connectivity index (χ2n) is 5.64. The van der Waals surface area contributed by atoms with Crippen molar-refractivity contribution in [3.05, 3.63) is 28.1 Å². The van der Waals surface area contributed by atoms with E-state index in [0.29, 0.717) is 21.5 Å². The van der Waals surface area contributed by atoms with Crippen molar-refractivity contribution in [2.75, 3.05) is 19.3 Å². The zero-order valence-corrected chi connectivity index (χ0v) is 13.1. The summed E-state index contributed by atoms with van der Waals surface area (Å²) in [5.74, 6) is 1.40. The Kier molecular flexibility index (Phi) is 3.38. The number of halogens is 1. The van der Waals surface area contributed by atoms with E-state index >= 15 is 0 Å². The van der Waals surface area contributed by atoms with Gasteiger partial charge in [0.2, 0.25) is 0 Å². The smallest absolute Gasteiger partial charge is 0.265 e. The van der Waals surface area contributed by atoms with Crippen molar-refractivity contribution in [3.63, 3.8) is 0 Å². The van der Waals surface area contributed by atoms with Crippen LogP contribution in [0, 0.1) is 11.8 Å². The van der Waals surface area contributed by atoms with Gasteiger partial charge in [-0.1, -0.05) is 18.5 Å². The molecule has 2 atom stereocenters. The summed E-state index contributed by atoms with van der Waals surface area (Å²) in [6.45, 7) is 3.03. The largest absolute Gasteiger partial charge is 0.397 e. The van der Waals surface area contributed by atoms with Gasteiger partial charge < -0.3 is 10.6 Å². The van der Waals surface area contributed by atoms with Gasteiger partial charge in [0.15, 0.2) is 0 Å². The first kappa shape index (κ1) is 13.7. The lowest BCUT2D eigenvalue weighted by molar-refractivity contribution is 0.0793. The number of fused-ring (bicyclic) bond motifs is 1. The van der Waals surface area contributed by atoms with Crippen molar-refractivity contribution < 1.29 is 4.79 Å². The highest BCUT2D eigenvalue weighted by molar-refractivity contribution is 7.21. The van der Waals surface area contributed by atoms with Gasteiger partial charge in [0.25, 0.3) is 5.91 Å². The third kappa shape index (κ3) is 2.38. The minimum absolute atomic E-state index is 0.0129. The second-order valence-corrected chi connectivity index (χ2v) is 7.13. The average Bonchev–Trinajstić information content (AvgIpc) is 3.00. The summed E-state index contributed by atoms with van der Waals surface area (Å²) >= 11 is 7.43. The number of hydrogen-bond acceptors (Lipinski definition) is 3. The number of thiophene rings is 1. The minimum Gasteiger partial charge on any atom is -0.397 e. The van der Waals surface area contributed by atoms with Gasteiger partial charge in [-0.3, -0.25) is 4.79 Å². The normalized spacial score (nSPS) is 21.1. The quantitative estimate of drug-likeness (QED) is 0.935. The number of nitrogens with zero attached hydrogens (tertiary/aromatic N) is 1. The van der Waals surface area contributed by atoms with Crippen molar-refractivity contribution in [2.24, 2.45) is 11.8 Å². The Labute approximate surface area is 127 Å². The summed E-state index contributed by atoms with van der Waals surface area (Å²) in [6, 6.07) is 5.56. The number of hydrogen-bond donors (Lipinski definition) is 1. The van der Waals surface area contributed by atoms with Crippen LogP contribution in [0.5, 0.6) is 0 Å². The molecular formula is C15H17ClN2OS. The van der Waals surface area contributed by atoms with Crippen molar-refractivity contribution in [3.8, 4) is 0 Å². The number of rotatable bonds is 3. The standard InChI is InChI=1S/C15H17ClN2OS/c1-8-5-9(8)7-18(2)15(19)14-13(17)11-6-10(16)3-4-12(11)20-14/h3-4,6,8-9H,5,7,17H2,1-2H3. The molecule has 0 radical (unpaired) electrons. The Balaban J connectivity index is 1.89. The number of amides is 1. The molecule has 1 amide bonds. The molecule has 0 spiro atoms. The number of anilines is 1. The molecule has 3 rings (SSSR count). The molecule has 0 saturated heterocycles. The maximum atomic E-state index is 12.5. The van der Waals surface area contributed by atoms with Gasteiger partial charge in [0, 0.05) is 28.7 Å². The first-order chi connectivity index (χ1) is 9.47. The fraction of sp³-hybridized carbons (Fsp3) is 0.400. The topological polar surface area (TPSA) is 46.3 Å². The van der Waals surface area contributed by atoms with Crippen molar-refractivity contribution in [1.29, 1.82) is 0 Å². The molecule has 0 aliphatic heterocycles. The van der Waals surface area contributed by atoms with E-state index in [1.165, 1.54) is 17.8 Å². The molecule has 2 unspecified atom stereocenters. The van der Waals surface area contributed by atoms with Crippen molar-refractivity contribution in [2.45, 2.75) is 13.3 Å². The molecule has 2 N–H and O–H groups in total. The van der Waals surface area contributed by atoms with Gasteiger partial charge in [0.05, 0.1) is 5.69 Å². The van der Waals surface area contributed by atoms with Crippen LogP contribution in [0.15, 0.2) is 18.2 Å². The van der Waals surface area contributed by atoms with Crippen molar-refractivity contribution >= 4 is 44.6 Å². The van der Waals surface area contributed by atoms with E-state index in [2.05, 4.69) is 6.92 Å². The molecule has 2 aromatic rings. The van der Waals surface area contributed by atoms with Crippen LogP contribution < -0.4 is 5.73 Å². The molecule has 1 saturated carbocycles. The van der Waals surface area contributed by atoms with Gasteiger partial charge >= 0.3 is 0 Å². The maximum absolute atomic E-state index is 12.5. The van der Waals surface area contributed by atoms with Crippen LogP contribution >= 0.6 is 22.9 Å². The molecule has 0 bridgehead atoms. The summed E-state index contributed by atoms with van der Waals surface area (Å²) in [6.07, 6.45) is 1.22. The number of carbonyl (C=O) groups is 1. The summed E-state index contributed by atoms with van der Waals surface area (Å²) in [5, 5.41) is 1.51. The predicted octanol–water partition coefficient (Wildman–Crippen LogP) is 3.86. The fourth-order valence-electron chi connectivity index (χ4n) is 2.51. The van der Waals surface area contributed by atoms with Crippen LogP contribution in [-0.4, -0.2) is 24.4 Å². The lowest BCUT2D eigenvalue weighted by atomic mass is 10.2. The monoisotopic (exact) mass is 308 g/mol. The summed E-state index contributed by atoms with van der Waals surface area (Å²) in [4.78, 5) is 14.9. The third-order valence-electron chi connectivity index (χ3n) is 4.01. The number of benzene rings is 1. The summed E-state index contributed by atoms with van der Waals surface area (Å²) in [7, 11) is 1.85. The molecule has 1 aliphatic carbocycles. The Morgan fingerprint density at radius 1 is 1.55 bits per heavy atom. The number of carbonyl (C=O) groups excluding carboxylic acids is 1. The first-order valence-corrected chi connectivity index (χ1v) is 7.90. The highest BCUT2D eigenvalue weighted by Crippen LogP contribution is 2.39. The molecule has 1 aromatic heterocycles. The Morgan fingerprint density at radius 2 is 2.25 bits per heavy atom. The van der Waals surface area contributed by atoms with Crippen LogP contribution in [-0.2, 0) is 0 Å². The fourth-order valence-corrected chi connectivity index (χ4v) is 3.78. The molecular weight excluding hydrogens is 292 g/mol. The predicted molar refractivity (Wildman–Crippen MR) is 85.5 cm³/mol. The maximum Gasteiger partial charge on any atom is 0.265 e. The van der Waals surface area contributed by atoms with E-state index in [9.17, 15) is 4.79 Å². The van der Waals surface area contributed by atoms with Crippen LogP contribution in [0.3, 0.4) is 0 Å². The van der Waals surface area contributed by atoms with Crippen LogP contribution in [0.25, 0.3) is 10.1 Å². The Bertz CT molecular complexity index is 682. The van der Waals surface area contributed by atoms with Gasteiger partial charge in [-0.05, 0) is 36.5 Å². The van der Waals surface area contributed by atoms with Crippen molar-refractivity contribution in [1.82, 2.24) is 4.90 Å². The van der Waals surface area contributed by atoms with E-state index in [1.807, 2.05) is 25.2 Å². The molecule has 5 heteroatoms. The number of nitrogens with two attached hydrogens (primary N) is 1.